The van der Waals surface area contributed by atoms with Gasteiger partial charge in [0.25, 0.3) is 11.6 Å². The van der Waals surface area contributed by atoms with E-state index in [1.807, 2.05) is 6.92 Å². The van der Waals surface area contributed by atoms with Crippen molar-refractivity contribution in [1.29, 1.82) is 0 Å². The summed E-state index contributed by atoms with van der Waals surface area (Å²) in [4.78, 5) is 41.1. The molecule has 9 heteroatoms. The fraction of sp³-hybridized carbons (Fsp3) is 0.150. The summed E-state index contributed by atoms with van der Waals surface area (Å²) in [6, 6.07) is 12.5. The molecule has 2 aromatic rings. The number of benzene rings is 2. The first-order chi connectivity index (χ1) is 13.9. The number of amides is 1. The Morgan fingerprint density at radius 1 is 1.21 bits per heavy atom. The fourth-order valence-corrected chi connectivity index (χ4v) is 3.68. The van der Waals surface area contributed by atoms with E-state index in [2.05, 4.69) is 9.73 Å². The summed E-state index contributed by atoms with van der Waals surface area (Å²) in [5, 5.41) is 11.3. The number of rotatable bonds is 5. The molecule has 3 rings (SSSR count). The van der Waals surface area contributed by atoms with Crippen molar-refractivity contribution >= 4 is 46.3 Å². The number of nitro groups is 1. The third-order valence-electron chi connectivity index (χ3n) is 4.12. The van der Waals surface area contributed by atoms with Gasteiger partial charge in [-0.15, -0.1) is 0 Å². The van der Waals surface area contributed by atoms with Gasteiger partial charge in [-0.1, -0.05) is 0 Å². The Kier molecular flexibility index (Phi) is 6.08. The van der Waals surface area contributed by atoms with Crippen LogP contribution in [0.4, 0.5) is 11.4 Å². The van der Waals surface area contributed by atoms with Crippen molar-refractivity contribution in [3.63, 3.8) is 0 Å². The Balaban J connectivity index is 1.85. The lowest BCUT2D eigenvalue weighted by Crippen LogP contribution is -2.28. The molecule has 0 atom stereocenters. The van der Waals surface area contributed by atoms with Gasteiger partial charge in [-0.3, -0.25) is 19.8 Å². The first-order valence-corrected chi connectivity index (χ1v) is 9.47. The smallest absolute Gasteiger partial charge is 0.337 e. The van der Waals surface area contributed by atoms with Crippen LogP contribution in [0.25, 0.3) is 6.08 Å². The zero-order valence-corrected chi connectivity index (χ0v) is 16.5. The number of non-ortho nitro benzene ring substituents is 1. The maximum Gasteiger partial charge on any atom is 0.337 e. The van der Waals surface area contributed by atoms with Gasteiger partial charge in [-0.25, -0.2) is 9.79 Å². The highest BCUT2D eigenvalue weighted by Crippen LogP contribution is 2.34. The molecule has 1 heterocycles. The van der Waals surface area contributed by atoms with Gasteiger partial charge in [0.15, 0.2) is 5.17 Å². The predicted molar refractivity (Wildman–Crippen MR) is 111 cm³/mol. The van der Waals surface area contributed by atoms with Crippen LogP contribution >= 0.6 is 11.8 Å². The van der Waals surface area contributed by atoms with Crippen molar-refractivity contribution in [3.8, 4) is 0 Å². The molecule has 0 bridgehead atoms. The molecule has 1 aliphatic heterocycles. The van der Waals surface area contributed by atoms with E-state index in [4.69, 9.17) is 0 Å². The molecule has 1 aliphatic rings. The maximum atomic E-state index is 12.7. The van der Waals surface area contributed by atoms with E-state index in [1.165, 1.54) is 31.0 Å². The maximum absolute atomic E-state index is 12.7. The summed E-state index contributed by atoms with van der Waals surface area (Å²) in [5.74, 6) is -0.612. The molecule has 8 nitrogen and oxygen atoms in total. The van der Waals surface area contributed by atoms with Crippen molar-refractivity contribution in [2.24, 2.45) is 4.99 Å². The minimum Gasteiger partial charge on any atom is -0.465 e. The van der Waals surface area contributed by atoms with E-state index in [1.54, 1.807) is 47.4 Å². The highest BCUT2D eigenvalue weighted by atomic mass is 32.2. The molecule has 0 N–H and O–H groups in total. The third kappa shape index (κ3) is 4.52. The fourth-order valence-electron chi connectivity index (χ4n) is 2.61. The third-order valence-corrected chi connectivity index (χ3v) is 5.13. The van der Waals surface area contributed by atoms with Gasteiger partial charge in [-0.2, -0.15) is 0 Å². The van der Waals surface area contributed by atoms with Gasteiger partial charge in [0.2, 0.25) is 0 Å². The standard InChI is InChI=1S/C20H17N3O5S/c1-3-22-18(24)17(12-13-4-10-16(11-5-13)23(26)27)29-20(22)21-15-8-6-14(7-9-15)19(25)28-2/h4-12H,3H2,1-2H3/b17-12+,21-20?. The zero-order chi connectivity index (χ0) is 21.0. The Bertz CT molecular complexity index is 1010. The second-order valence-electron chi connectivity index (χ2n) is 5.94. The summed E-state index contributed by atoms with van der Waals surface area (Å²) >= 11 is 1.23. The van der Waals surface area contributed by atoms with Crippen LogP contribution in [0.15, 0.2) is 58.4 Å². The van der Waals surface area contributed by atoms with E-state index in [0.717, 1.165) is 0 Å². The first kappa shape index (κ1) is 20.3. The monoisotopic (exact) mass is 411 g/mol. The van der Waals surface area contributed by atoms with Crippen LogP contribution in [0.2, 0.25) is 0 Å². The molecule has 0 spiro atoms. The number of methoxy groups -OCH3 is 1. The topological polar surface area (TPSA) is 102 Å². The highest BCUT2D eigenvalue weighted by molar-refractivity contribution is 8.18. The van der Waals surface area contributed by atoms with Crippen LogP contribution in [0, 0.1) is 10.1 Å². The Hall–Kier alpha value is -3.46. The van der Waals surface area contributed by atoms with Gasteiger partial charge in [-0.05, 0) is 66.7 Å². The van der Waals surface area contributed by atoms with E-state index >= 15 is 0 Å². The molecule has 1 fully saturated rings. The largest absolute Gasteiger partial charge is 0.465 e. The molecule has 0 saturated carbocycles. The number of hydrogen-bond acceptors (Lipinski definition) is 7. The molecule has 0 aromatic heterocycles. The van der Waals surface area contributed by atoms with Gasteiger partial charge in [0, 0.05) is 18.7 Å². The van der Waals surface area contributed by atoms with Crippen molar-refractivity contribution in [3.05, 3.63) is 74.7 Å². The van der Waals surface area contributed by atoms with Gasteiger partial charge < -0.3 is 4.74 Å². The number of ether oxygens (including phenoxy) is 1. The molecule has 29 heavy (non-hydrogen) atoms. The molecule has 1 amide bonds. The number of amidine groups is 1. The normalized spacial score (nSPS) is 16.5. The number of likely N-dealkylation sites (N-methyl/N-ethyl adjacent to an activating group) is 1. The Labute approximate surface area is 171 Å². The number of carbonyl (C=O) groups excluding carboxylic acids is 2. The number of nitrogens with zero attached hydrogens (tertiary/aromatic N) is 3. The van der Waals surface area contributed by atoms with Crippen molar-refractivity contribution in [2.75, 3.05) is 13.7 Å². The van der Waals surface area contributed by atoms with Crippen LogP contribution in [0.5, 0.6) is 0 Å². The molecule has 2 aromatic carbocycles. The average Bonchev–Trinajstić information content (AvgIpc) is 3.02. The molecule has 0 aliphatic carbocycles. The van der Waals surface area contributed by atoms with Gasteiger partial charge >= 0.3 is 5.97 Å². The zero-order valence-electron chi connectivity index (χ0n) is 15.7. The number of nitro benzene ring substituents is 1. The Morgan fingerprint density at radius 3 is 2.41 bits per heavy atom. The van der Waals surface area contributed by atoms with Crippen LogP contribution in [-0.4, -0.2) is 40.5 Å². The quantitative estimate of drug-likeness (QED) is 0.319. The highest BCUT2D eigenvalue weighted by Gasteiger charge is 2.32. The van der Waals surface area contributed by atoms with Gasteiger partial charge in [0.1, 0.15) is 0 Å². The number of thioether (sulfide) groups is 1. The van der Waals surface area contributed by atoms with E-state index in [9.17, 15) is 19.7 Å². The molecular weight excluding hydrogens is 394 g/mol. The van der Waals surface area contributed by atoms with Crippen molar-refractivity contribution < 1.29 is 19.2 Å². The lowest BCUT2D eigenvalue weighted by molar-refractivity contribution is -0.384. The summed E-state index contributed by atoms with van der Waals surface area (Å²) in [7, 11) is 1.31. The number of esters is 1. The molecule has 0 unspecified atom stereocenters. The summed E-state index contributed by atoms with van der Waals surface area (Å²) < 4.78 is 4.67. The minimum absolute atomic E-state index is 0.00890. The van der Waals surface area contributed by atoms with Crippen LogP contribution < -0.4 is 0 Å². The lowest BCUT2D eigenvalue weighted by atomic mass is 10.2. The van der Waals surface area contributed by atoms with E-state index < -0.39 is 10.9 Å². The van der Waals surface area contributed by atoms with Crippen molar-refractivity contribution in [2.45, 2.75) is 6.92 Å². The average molecular weight is 411 g/mol. The molecule has 0 radical (unpaired) electrons. The predicted octanol–water partition coefficient (Wildman–Crippen LogP) is 4.01. The van der Waals surface area contributed by atoms with Crippen molar-refractivity contribution in [1.82, 2.24) is 4.90 Å². The molecule has 148 valence electrons. The summed E-state index contributed by atoms with van der Waals surface area (Å²) in [6.45, 7) is 2.30. The number of hydrogen-bond donors (Lipinski definition) is 0. The van der Waals surface area contributed by atoms with Crippen LogP contribution in [0.1, 0.15) is 22.8 Å². The van der Waals surface area contributed by atoms with E-state index in [-0.39, 0.29) is 11.6 Å². The minimum atomic E-state index is -0.471. The first-order valence-electron chi connectivity index (χ1n) is 8.66. The number of carbonyl (C=O) groups is 2. The Morgan fingerprint density at radius 2 is 1.86 bits per heavy atom. The van der Waals surface area contributed by atoms with Crippen LogP contribution in [0.3, 0.4) is 0 Å². The second kappa shape index (κ2) is 8.70. The SMILES string of the molecule is CCN1C(=O)/C(=C\c2ccc([N+](=O)[O-])cc2)SC1=Nc1ccc(C(=O)OC)cc1. The number of aliphatic imine (C=N–C) groups is 1. The second-order valence-corrected chi connectivity index (χ2v) is 6.95. The lowest BCUT2D eigenvalue weighted by Gasteiger charge is -2.12. The van der Waals surface area contributed by atoms with Gasteiger partial charge in [0.05, 0.1) is 28.2 Å². The summed E-state index contributed by atoms with van der Waals surface area (Å²) in [6.07, 6.45) is 1.68. The van der Waals surface area contributed by atoms with E-state index in [0.29, 0.717) is 33.4 Å². The molecule has 1 saturated heterocycles. The molecular formula is C20H17N3O5S. The summed E-state index contributed by atoms with van der Waals surface area (Å²) in [5.41, 5.74) is 1.69. The van der Waals surface area contributed by atoms with Crippen LogP contribution in [-0.2, 0) is 9.53 Å².